The molecule has 0 unspecified atom stereocenters. The minimum absolute atomic E-state index is 0. The van der Waals surface area contributed by atoms with E-state index in [1.165, 1.54) is 24.5 Å². The van der Waals surface area contributed by atoms with Crippen molar-refractivity contribution < 1.29 is 64.4 Å². The average molecular weight is 387 g/mol. The second-order valence-electron chi connectivity index (χ2n) is 6.47. The van der Waals surface area contributed by atoms with Crippen molar-refractivity contribution in [2.24, 2.45) is 0 Å². The summed E-state index contributed by atoms with van der Waals surface area (Å²) in [5, 5.41) is 1.94. The predicted octanol–water partition coefficient (Wildman–Crippen LogP) is 2.21. The van der Waals surface area contributed by atoms with Crippen LogP contribution in [0.3, 0.4) is 0 Å². The van der Waals surface area contributed by atoms with E-state index in [4.69, 9.17) is 0 Å². The predicted molar refractivity (Wildman–Crippen MR) is 98.4 cm³/mol. The van der Waals surface area contributed by atoms with Crippen LogP contribution in [0.4, 0.5) is 0 Å². The first-order valence-electron chi connectivity index (χ1n) is 8.97. The Kier molecular flexibility index (Phi) is 10.4. The van der Waals surface area contributed by atoms with Crippen LogP contribution in [-0.2, 0) is 23.0 Å². The summed E-state index contributed by atoms with van der Waals surface area (Å²) < 4.78 is 35.0. The van der Waals surface area contributed by atoms with Gasteiger partial charge in [-0.05, 0) is 53.6 Å². The Labute approximate surface area is 194 Å². The van der Waals surface area contributed by atoms with E-state index >= 15 is 0 Å². The van der Waals surface area contributed by atoms with Gasteiger partial charge < -0.3 is 4.55 Å². The molecule has 0 saturated carbocycles. The summed E-state index contributed by atoms with van der Waals surface area (Å²) in [5.41, 5.74) is 1.92. The second kappa shape index (κ2) is 11.2. The Morgan fingerprint density at radius 3 is 2.08 bits per heavy atom. The van der Waals surface area contributed by atoms with E-state index in [2.05, 4.69) is 26.0 Å². The third kappa shape index (κ3) is 6.72. The maximum absolute atomic E-state index is 11.7. The molecule has 0 radical (unpaired) electrons. The molecule has 0 saturated heterocycles. The van der Waals surface area contributed by atoms with E-state index in [-0.39, 0.29) is 56.3 Å². The van der Waals surface area contributed by atoms with Crippen molar-refractivity contribution >= 4 is 20.9 Å². The molecule has 3 nitrogen and oxygen atoms in total. The molecule has 0 bridgehead atoms. The summed E-state index contributed by atoms with van der Waals surface area (Å²) in [6, 6.07) is 9.46. The Bertz CT molecular complexity index is 785. The minimum Gasteiger partial charge on any atom is -0.744 e. The van der Waals surface area contributed by atoms with E-state index in [0.717, 1.165) is 42.9 Å². The van der Waals surface area contributed by atoms with E-state index < -0.39 is 10.1 Å². The summed E-state index contributed by atoms with van der Waals surface area (Å²) in [5.74, 6) is 0. The molecule has 0 aliphatic heterocycles. The number of unbranched alkanes of at least 4 members (excludes halogenated alkanes) is 4. The summed E-state index contributed by atoms with van der Waals surface area (Å²) >= 11 is 0. The first-order chi connectivity index (χ1) is 11.5. The minimum atomic E-state index is -4.45. The Morgan fingerprint density at radius 1 is 0.880 bits per heavy atom. The fraction of sp³-hybridized carbons (Fsp3) is 0.500. The van der Waals surface area contributed by atoms with Crippen LogP contribution in [0.5, 0.6) is 0 Å². The van der Waals surface area contributed by atoms with Gasteiger partial charge in [-0.3, -0.25) is 0 Å². The molecule has 0 aliphatic rings. The van der Waals surface area contributed by atoms with Crippen molar-refractivity contribution in [1.82, 2.24) is 0 Å². The smallest absolute Gasteiger partial charge is 0.744 e. The fourth-order valence-corrected chi connectivity index (χ4v) is 3.94. The van der Waals surface area contributed by atoms with Crippen molar-refractivity contribution in [3.05, 3.63) is 41.5 Å². The molecule has 2 aromatic rings. The van der Waals surface area contributed by atoms with Gasteiger partial charge in [0.2, 0.25) is 0 Å². The molecular weight excluding hydrogens is 359 g/mol. The van der Waals surface area contributed by atoms with Crippen molar-refractivity contribution in [3.63, 3.8) is 0 Å². The molecule has 5 heteroatoms. The van der Waals surface area contributed by atoms with E-state index in [1.807, 2.05) is 6.07 Å². The second-order valence-corrected chi connectivity index (χ2v) is 7.81. The third-order valence-electron chi connectivity index (χ3n) is 4.52. The van der Waals surface area contributed by atoms with Crippen molar-refractivity contribution in [1.29, 1.82) is 0 Å². The van der Waals surface area contributed by atoms with Gasteiger partial charge in [-0.2, -0.15) is 0 Å². The maximum atomic E-state index is 11.7. The van der Waals surface area contributed by atoms with Crippen LogP contribution in [0.15, 0.2) is 35.2 Å². The monoisotopic (exact) mass is 386 g/mol. The zero-order valence-electron chi connectivity index (χ0n) is 15.7. The number of hydrogen-bond donors (Lipinski definition) is 0. The van der Waals surface area contributed by atoms with Gasteiger partial charge in [-0.25, -0.2) is 8.42 Å². The molecule has 132 valence electrons. The standard InChI is InChI=1S/C20H28O3S.K/c1-3-5-7-9-16-11-12-17-13-14-20(24(21,22)23)18(19(17)15-16)10-8-6-4-2;/h11-15H,3-10H2,1-2H3,(H,21,22,23);/q;+1/p-1. The molecule has 0 N–H and O–H groups in total. The number of rotatable bonds is 9. The number of benzene rings is 2. The molecule has 0 aliphatic carbocycles. The fourth-order valence-electron chi connectivity index (χ4n) is 3.19. The SMILES string of the molecule is CCCCCc1ccc2ccc(S(=O)(=O)[O-])c(CCCCC)c2c1.[K+]. The van der Waals surface area contributed by atoms with Crippen LogP contribution in [0.1, 0.15) is 63.5 Å². The van der Waals surface area contributed by atoms with Gasteiger partial charge in [0.15, 0.2) is 0 Å². The Balaban J connectivity index is 0.00000312. The number of aryl methyl sites for hydroxylation is 2. The third-order valence-corrected chi connectivity index (χ3v) is 5.44. The van der Waals surface area contributed by atoms with Gasteiger partial charge in [0.05, 0.1) is 4.90 Å². The van der Waals surface area contributed by atoms with Gasteiger partial charge in [0, 0.05) is 0 Å². The van der Waals surface area contributed by atoms with Crippen LogP contribution in [-0.4, -0.2) is 13.0 Å². The van der Waals surface area contributed by atoms with Crippen LogP contribution in [0.2, 0.25) is 0 Å². The van der Waals surface area contributed by atoms with Crippen molar-refractivity contribution in [2.75, 3.05) is 0 Å². The quantitative estimate of drug-likeness (QED) is 0.377. The van der Waals surface area contributed by atoms with E-state index in [1.54, 1.807) is 6.07 Å². The summed E-state index contributed by atoms with van der Waals surface area (Å²) in [4.78, 5) is -0.0446. The van der Waals surface area contributed by atoms with Gasteiger partial charge in [-0.15, -0.1) is 0 Å². The normalized spacial score (nSPS) is 11.5. The van der Waals surface area contributed by atoms with Gasteiger partial charge in [0.25, 0.3) is 0 Å². The molecule has 0 atom stereocenters. The summed E-state index contributed by atoms with van der Waals surface area (Å²) in [6.45, 7) is 4.29. The van der Waals surface area contributed by atoms with Crippen molar-refractivity contribution in [3.8, 4) is 0 Å². The first-order valence-corrected chi connectivity index (χ1v) is 10.4. The van der Waals surface area contributed by atoms with Gasteiger partial charge >= 0.3 is 51.4 Å². The zero-order chi connectivity index (χ0) is 17.6. The topological polar surface area (TPSA) is 57.2 Å². The summed E-state index contributed by atoms with van der Waals surface area (Å²) in [6.07, 6.45) is 8.13. The average Bonchev–Trinajstić information content (AvgIpc) is 2.54. The van der Waals surface area contributed by atoms with E-state index in [9.17, 15) is 13.0 Å². The molecule has 25 heavy (non-hydrogen) atoms. The molecule has 2 rings (SSSR count). The largest absolute Gasteiger partial charge is 1.00 e. The molecular formula is C20H27KO3S. The molecule has 2 aromatic carbocycles. The number of fused-ring (bicyclic) bond motifs is 1. The van der Waals surface area contributed by atoms with Crippen LogP contribution < -0.4 is 51.4 Å². The molecule has 0 spiro atoms. The Morgan fingerprint density at radius 2 is 1.48 bits per heavy atom. The molecule has 0 amide bonds. The molecule has 0 aromatic heterocycles. The molecule has 0 heterocycles. The molecule has 0 fully saturated rings. The van der Waals surface area contributed by atoms with Crippen LogP contribution in [0, 0.1) is 0 Å². The zero-order valence-corrected chi connectivity index (χ0v) is 19.6. The van der Waals surface area contributed by atoms with Crippen LogP contribution >= 0.6 is 0 Å². The first kappa shape index (κ1) is 23.3. The van der Waals surface area contributed by atoms with E-state index in [0.29, 0.717) is 12.0 Å². The van der Waals surface area contributed by atoms with Crippen molar-refractivity contribution in [2.45, 2.75) is 70.1 Å². The Hall–Kier alpha value is 0.246. The van der Waals surface area contributed by atoms with Gasteiger partial charge in [-0.1, -0.05) is 63.8 Å². The number of hydrogen-bond acceptors (Lipinski definition) is 3. The summed E-state index contributed by atoms with van der Waals surface area (Å²) in [7, 11) is -4.45. The van der Waals surface area contributed by atoms with Crippen LogP contribution in [0.25, 0.3) is 10.8 Å². The van der Waals surface area contributed by atoms with Gasteiger partial charge in [0.1, 0.15) is 10.1 Å². The maximum Gasteiger partial charge on any atom is 1.00 e.